The molecule has 147 heavy (non-hydrogen) atoms. The van der Waals surface area contributed by atoms with Crippen LogP contribution in [0.5, 0.6) is 5.75 Å². The third-order valence-corrected chi connectivity index (χ3v) is 33.2. The highest BCUT2D eigenvalue weighted by molar-refractivity contribution is 6.81. The van der Waals surface area contributed by atoms with E-state index in [4.69, 9.17) is 28.4 Å². The van der Waals surface area contributed by atoms with Crippen molar-refractivity contribution < 1.29 is 57.2 Å². The molecule has 0 aromatic heterocycles. The van der Waals surface area contributed by atoms with Crippen molar-refractivity contribution in [1.82, 2.24) is 0 Å². The summed E-state index contributed by atoms with van der Waals surface area (Å²) in [5.74, 6) is 6.07. The molecule has 0 unspecified atom stereocenters. The molecule has 0 heterocycles. The number of ketones is 1. The second-order valence-electron chi connectivity index (χ2n) is 48.2. The summed E-state index contributed by atoms with van der Waals surface area (Å²) in [7, 11) is 0.615. The number of benzene rings is 8. The number of Topliss-reactive ketones (excluding diaryl/α,β-unsaturated/α-hetero) is 1. The summed E-state index contributed by atoms with van der Waals surface area (Å²) in [6, 6.07) is 79.0. The van der Waals surface area contributed by atoms with Crippen molar-refractivity contribution in [2.75, 3.05) is 26.9 Å². The van der Waals surface area contributed by atoms with Gasteiger partial charge in [0, 0.05) is 26.8 Å². The SMILES string of the molecule is C=CCC(C)C.CC(=O)C(C)C.CC(C)C.CC(C)C(=O)OC(C)(C)C.CC(C)C(=O)OCC1c2ccccc2-c2ccccc21.CC(C)C(=O)OCC[SiH2]C(C)(C)C.CC(C)C(=O)OCc1ccccc1.CC(C)C(C)(C)C.CC(C)C(c1ccccc1)(c1ccccc1)c1ccccc1.CC(C)Cc1ccccc1.CC(C)[Si](C)(C)C(C)(C)C.CCC(C)C.CCCOC(=O)C(C)C.COc1ccc(CC(C)C)cc1. The van der Waals surface area contributed by atoms with Crippen LogP contribution in [0.4, 0.5) is 0 Å². The average molecular weight is 2070 g/mol. The molecule has 0 saturated heterocycles. The summed E-state index contributed by atoms with van der Waals surface area (Å²) in [5, 5.41) is 1.03. The molecule has 1 aliphatic rings. The second kappa shape index (κ2) is 79.8. The van der Waals surface area contributed by atoms with E-state index in [9.17, 15) is 28.8 Å². The van der Waals surface area contributed by atoms with Crippen molar-refractivity contribution >= 4 is 53.2 Å². The van der Waals surface area contributed by atoms with Gasteiger partial charge in [-0.3, -0.25) is 28.8 Å². The van der Waals surface area contributed by atoms with Gasteiger partial charge in [0.2, 0.25) is 0 Å². The standard InChI is InChI=1S/C22H22.C18H18O2.C11H14O2.C11H16O.C10H22O2Si.C10H14.C9H22Si.C8H16O2.C7H14O2.C7H16.C6H12.C5H10O.C5H12.C4H10/c1-18(2)22(19-12-6-3-7-13-19,20-14-8-4-9-15-20)21-16-10-5-11-17-21;1-12(2)18(19)20-11-17-15-9-5-3-7-13(15)14-8-4-6-10-16(14)17;1-9(2)11(12)13-8-10-6-4-3-5-7-10;1-9(2)8-10-4-6-11(12-3)7-5-10;1-8(2)9(11)12-6-7-13-10(3,4)5;1-9(2)8-10-6-4-3-5-7-10;1-8(2)10(6,7)9(3,4)5;1-6(2)7(9)10-8(3,4)5;1-4-5-9-7(8)6(2)3;1-6(2)7(3,4)5;1-4-5-6(2)3;1-4(2)5(3)6;1-4-5(2)3;1-4(2)3/h3-18H,1-2H3;3-10,12,17H,11H2,1-2H3;3-7,9H,8H2,1-2H3;4-7,9H,8H2,1-3H3;8H,6-7,13H2,1-5H3;3-7,9H,8H2,1-2H3;8H,1-7H3;6H,1-5H3;6H,4-5H2,1-3H3;6H,1-5H3;4,6H,1,5H2,2-3H3;4H,1-3H3;5H,4H2,1-3H3;4H,1-3H3. The summed E-state index contributed by atoms with van der Waals surface area (Å²) >= 11 is 0. The summed E-state index contributed by atoms with van der Waals surface area (Å²) in [6.07, 6.45) is 7.63. The van der Waals surface area contributed by atoms with E-state index in [1.807, 2.05) is 171 Å². The third kappa shape index (κ3) is 72.0. The van der Waals surface area contributed by atoms with Crippen LogP contribution < -0.4 is 4.74 Å². The van der Waals surface area contributed by atoms with E-state index in [1.54, 1.807) is 14.0 Å². The van der Waals surface area contributed by atoms with Crippen molar-refractivity contribution in [3.63, 3.8) is 0 Å². The molecule has 0 saturated carbocycles. The van der Waals surface area contributed by atoms with Crippen LogP contribution in [-0.2, 0) is 77.3 Å². The number of fused-ring (bicyclic) bond motifs is 3. The van der Waals surface area contributed by atoms with Crippen molar-refractivity contribution in [3.05, 3.63) is 282 Å². The van der Waals surface area contributed by atoms with E-state index in [1.165, 1.54) is 62.9 Å². The van der Waals surface area contributed by atoms with Gasteiger partial charge in [-0.15, -0.1) is 6.58 Å². The fraction of sp³-hybridized carbons (Fsp3) is 0.579. The van der Waals surface area contributed by atoms with Crippen molar-refractivity contribution in [3.8, 4) is 16.9 Å². The Labute approximate surface area is 907 Å². The zero-order chi connectivity index (χ0) is 114. The van der Waals surface area contributed by atoms with Crippen LogP contribution in [0.25, 0.3) is 11.1 Å². The number of methoxy groups -OCH3 is 1. The molecule has 0 bridgehead atoms. The molecule has 0 aliphatic heterocycles. The first-order chi connectivity index (χ1) is 68.0. The van der Waals surface area contributed by atoms with Crippen LogP contribution in [-0.4, -0.2) is 85.8 Å². The van der Waals surface area contributed by atoms with Crippen LogP contribution in [0.1, 0.15) is 374 Å². The summed E-state index contributed by atoms with van der Waals surface area (Å²) in [6.45, 7) is 103. The second-order valence-corrected chi connectivity index (χ2v) is 57.6. The number of allylic oxidation sites excluding steroid dienone is 1. The number of rotatable bonds is 28. The van der Waals surface area contributed by atoms with Gasteiger partial charge in [-0.05, 0) is 184 Å². The lowest BCUT2D eigenvalue weighted by Gasteiger charge is -2.40. The smallest absolute Gasteiger partial charge is 0.308 e. The van der Waals surface area contributed by atoms with Crippen molar-refractivity contribution in [2.24, 2.45) is 82.3 Å². The van der Waals surface area contributed by atoms with Crippen LogP contribution in [0, 0.1) is 82.3 Å². The molecule has 1 aliphatic carbocycles. The fourth-order valence-corrected chi connectivity index (χ4v) is 15.6. The minimum absolute atomic E-state index is 0.0105. The largest absolute Gasteiger partial charge is 0.497 e. The van der Waals surface area contributed by atoms with Crippen LogP contribution in [0.2, 0.25) is 34.8 Å². The lowest BCUT2D eigenvalue weighted by atomic mass is 9.63. The van der Waals surface area contributed by atoms with Crippen molar-refractivity contribution in [2.45, 2.75) is 395 Å². The highest BCUT2D eigenvalue weighted by atomic mass is 28.3. The number of hydrogen-bond donors (Lipinski definition) is 0. The van der Waals surface area contributed by atoms with Gasteiger partial charge in [-0.2, -0.15) is 0 Å². The van der Waals surface area contributed by atoms with Gasteiger partial charge in [0.25, 0.3) is 0 Å². The molecule has 830 valence electrons. The molecular formula is C133H218O12Si2. The minimum Gasteiger partial charge on any atom is -0.497 e. The molecule has 0 N–H and O–H groups in total. The number of esters is 5. The molecule has 0 spiro atoms. The van der Waals surface area contributed by atoms with Crippen LogP contribution >= 0.6 is 0 Å². The predicted octanol–water partition coefficient (Wildman–Crippen LogP) is 37.2. The number of hydrogen-bond acceptors (Lipinski definition) is 12. The topological polar surface area (TPSA) is 158 Å². The molecule has 8 aromatic rings. The van der Waals surface area contributed by atoms with Gasteiger partial charge in [0.1, 0.15) is 30.3 Å². The molecule has 8 aromatic carbocycles. The predicted molar refractivity (Wildman–Crippen MR) is 644 cm³/mol. The monoisotopic (exact) mass is 2060 g/mol. The maximum atomic E-state index is 11.7. The summed E-state index contributed by atoms with van der Waals surface area (Å²) < 4.78 is 30.6. The molecule has 9 rings (SSSR count). The molecule has 0 radical (unpaired) electrons. The van der Waals surface area contributed by atoms with E-state index in [0.29, 0.717) is 47.8 Å². The Kier molecular flexibility index (Phi) is 79.3. The molecule has 0 atom stereocenters. The average Bonchev–Trinajstić information content (AvgIpc) is 1.38. The van der Waals surface area contributed by atoms with Gasteiger partial charge >= 0.3 is 29.8 Å². The lowest BCUT2D eigenvalue weighted by molar-refractivity contribution is -0.158. The first-order valence-corrected chi connectivity index (χ1v) is 59.9. The Morgan fingerprint density at radius 3 is 0.932 bits per heavy atom. The van der Waals surface area contributed by atoms with E-state index in [-0.39, 0.29) is 97.6 Å². The molecule has 0 fully saturated rings. The Morgan fingerprint density at radius 1 is 0.381 bits per heavy atom. The third-order valence-electron chi connectivity index (χ3n) is 24.3. The first kappa shape index (κ1) is 146. The number of ether oxygens (including phenoxy) is 6. The number of carbonyl (C=O) groups excluding carboxylic acids is 6. The van der Waals surface area contributed by atoms with Crippen LogP contribution in [0.3, 0.4) is 0 Å². The summed E-state index contributed by atoms with van der Waals surface area (Å²) in [4.78, 5) is 65.6. The fourth-order valence-electron chi connectivity index (χ4n) is 12.5. The zero-order valence-electron chi connectivity index (χ0n) is 102. The highest BCUT2D eigenvalue weighted by Crippen LogP contribution is 2.47. The quantitative estimate of drug-likeness (QED) is 0.0114. The van der Waals surface area contributed by atoms with Crippen molar-refractivity contribution in [1.29, 1.82) is 0 Å². The molecule has 0 amide bonds. The minimum atomic E-state index is -0.982. The van der Waals surface area contributed by atoms with Gasteiger partial charge < -0.3 is 28.4 Å². The molecule has 14 heteroatoms. The number of carbonyl (C=O) groups is 6. The Bertz CT molecular complexity index is 4480. The van der Waals surface area contributed by atoms with E-state index < -0.39 is 8.07 Å². The van der Waals surface area contributed by atoms with E-state index >= 15 is 0 Å². The summed E-state index contributed by atoms with van der Waals surface area (Å²) in [5.41, 5.74) is 13.8. The van der Waals surface area contributed by atoms with Gasteiger partial charge in [-0.25, -0.2) is 0 Å². The molecule has 12 nitrogen and oxygen atoms in total. The maximum absolute atomic E-state index is 11.7. The van der Waals surface area contributed by atoms with Gasteiger partial charge in [-0.1, -0.05) is 520 Å². The maximum Gasteiger partial charge on any atom is 0.308 e. The first-order valence-electron chi connectivity index (χ1n) is 55.1. The van der Waals surface area contributed by atoms with Gasteiger partial charge in [0.15, 0.2) is 0 Å². The Balaban J connectivity index is -0.000000505. The van der Waals surface area contributed by atoms with E-state index in [0.717, 1.165) is 77.7 Å². The van der Waals surface area contributed by atoms with E-state index in [2.05, 4.69) is 376 Å². The Morgan fingerprint density at radius 2 is 0.687 bits per heavy atom. The normalized spacial score (nSPS) is 11.4. The van der Waals surface area contributed by atoms with Gasteiger partial charge in [0.05, 0.1) is 58.0 Å². The van der Waals surface area contributed by atoms with Crippen LogP contribution in [0.15, 0.2) is 237 Å². The molecular weight excluding hydrogens is 1850 g/mol. The highest BCUT2D eigenvalue weighted by Gasteiger charge is 2.40. The zero-order valence-corrected chi connectivity index (χ0v) is 105. The lowest BCUT2D eigenvalue weighted by Crippen LogP contribution is -2.39. The Hall–Kier alpha value is -9.25.